The van der Waals surface area contributed by atoms with Crippen LogP contribution in [0.25, 0.3) is 5.69 Å². The molecule has 1 aromatic heterocycles. The number of rotatable bonds is 7. The summed E-state index contributed by atoms with van der Waals surface area (Å²) in [4.78, 5) is 0. The van der Waals surface area contributed by atoms with E-state index in [-0.39, 0.29) is 11.8 Å². The fourth-order valence-electron chi connectivity index (χ4n) is 2.74. The highest BCUT2D eigenvalue weighted by Gasteiger charge is 2.20. The SMILES string of the molecule is CCCCc1ccc(-n2cc(CN[C@H]3C=CS(=O)(=O)C3)cn2)cc1. The molecule has 1 aliphatic heterocycles. The predicted molar refractivity (Wildman–Crippen MR) is 95.7 cm³/mol. The first-order valence-electron chi connectivity index (χ1n) is 8.33. The first-order valence-corrected chi connectivity index (χ1v) is 10.0. The maximum absolute atomic E-state index is 11.4. The van der Waals surface area contributed by atoms with Crippen molar-refractivity contribution in [3.63, 3.8) is 0 Å². The van der Waals surface area contributed by atoms with Crippen LogP contribution in [0.15, 0.2) is 48.1 Å². The van der Waals surface area contributed by atoms with Gasteiger partial charge in [0.1, 0.15) is 0 Å². The van der Waals surface area contributed by atoms with E-state index in [2.05, 4.69) is 41.6 Å². The molecule has 0 spiro atoms. The van der Waals surface area contributed by atoms with E-state index in [1.807, 2.05) is 17.1 Å². The summed E-state index contributed by atoms with van der Waals surface area (Å²) in [6.07, 6.45) is 9.01. The Morgan fingerprint density at radius 2 is 2.04 bits per heavy atom. The van der Waals surface area contributed by atoms with Crippen LogP contribution in [-0.4, -0.2) is 30.0 Å². The van der Waals surface area contributed by atoms with Crippen molar-refractivity contribution >= 4 is 9.84 Å². The number of unbranched alkanes of at least 4 members (excludes halogenated alkanes) is 1. The van der Waals surface area contributed by atoms with Gasteiger partial charge < -0.3 is 5.32 Å². The number of aromatic nitrogens is 2. The van der Waals surface area contributed by atoms with E-state index >= 15 is 0 Å². The van der Waals surface area contributed by atoms with Gasteiger partial charge in [0.05, 0.1) is 17.6 Å². The second-order valence-electron chi connectivity index (χ2n) is 6.21. The number of sulfone groups is 1. The Morgan fingerprint density at radius 3 is 2.71 bits per heavy atom. The van der Waals surface area contributed by atoms with Crippen LogP contribution in [0.5, 0.6) is 0 Å². The molecule has 0 radical (unpaired) electrons. The minimum absolute atomic E-state index is 0.115. The zero-order valence-electron chi connectivity index (χ0n) is 13.9. The Labute approximate surface area is 143 Å². The molecule has 2 aromatic rings. The third-order valence-corrected chi connectivity index (χ3v) is 5.55. The highest BCUT2D eigenvalue weighted by molar-refractivity contribution is 7.94. The summed E-state index contributed by atoms with van der Waals surface area (Å²) in [6.45, 7) is 2.80. The first kappa shape index (κ1) is 16.9. The number of nitrogens with one attached hydrogen (secondary N) is 1. The molecule has 3 rings (SSSR count). The summed E-state index contributed by atoms with van der Waals surface area (Å²) in [5.74, 6) is 0.139. The molecule has 0 bridgehead atoms. The van der Waals surface area contributed by atoms with Crippen molar-refractivity contribution in [1.82, 2.24) is 15.1 Å². The van der Waals surface area contributed by atoms with Gasteiger partial charge in [-0.05, 0) is 30.5 Å². The Hall–Kier alpha value is -1.92. The van der Waals surface area contributed by atoms with Crippen LogP contribution in [0, 0.1) is 0 Å². The zero-order chi connectivity index (χ0) is 17.0. The monoisotopic (exact) mass is 345 g/mol. The minimum atomic E-state index is -3.01. The van der Waals surface area contributed by atoms with Crippen LogP contribution < -0.4 is 5.32 Å². The van der Waals surface area contributed by atoms with Gasteiger partial charge in [-0.2, -0.15) is 5.10 Å². The molecule has 0 amide bonds. The van der Waals surface area contributed by atoms with Gasteiger partial charge in [-0.3, -0.25) is 0 Å². The highest BCUT2D eigenvalue weighted by Crippen LogP contribution is 2.13. The lowest BCUT2D eigenvalue weighted by atomic mass is 10.1. The molecule has 1 aliphatic rings. The molecule has 0 fully saturated rings. The topological polar surface area (TPSA) is 64.0 Å². The van der Waals surface area contributed by atoms with Crippen molar-refractivity contribution in [3.8, 4) is 5.69 Å². The van der Waals surface area contributed by atoms with Crippen LogP contribution in [0.2, 0.25) is 0 Å². The Balaban J connectivity index is 1.58. The van der Waals surface area contributed by atoms with Crippen molar-refractivity contribution in [2.75, 3.05) is 5.75 Å². The van der Waals surface area contributed by atoms with Gasteiger partial charge in [-0.25, -0.2) is 13.1 Å². The zero-order valence-corrected chi connectivity index (χ0v) is 14.7. The highest BCUT2D eigenvalue weighted by atomic mass is 32.2. The molecule has 1 N–H and O–H groups in total. The molecule has 128 valence electrons. The van der Waals surface area contributed by atoms with Gasteiger partial charge in [0.25, 0.3) is 0 Å². The Bertz CT molecular complexity index is 807. The molecular weight excluding hydrogens is 322 g/mol. The molecule has 1 atom stereocenters. The van der Waals surface area contributed by atoms with Crippen LogP contribution in [-0.2, 0) is 22.8 Å². The Morgan fingerprint density at radius 1 is 1.25 bits per heavy atom. The summed E-state index contributed by atoms with van der Waals surface area (Å²) in [5.41, 5.74) is 3.41. The van der Waals surface area contributed by atoms with E-state index in [4.69, 9.17) is 0 Å². The number of hydrogen-bond donors (Lipinski definition) is 1. The molecule has 24 heavy (non-hydrogen) atoms. The molecule has 6 heteroatoms. The summed E-state index contributed by atoms with van der Waals surface area (Å²) in [6, 6.07) is 8.36. The molecule has 2 heterocycles. The van der Waals surface area contributed by atoms with Crippen LogP contribution in [0.3, 0.4) is 0 Å². The third-order valence-electron chi connectivity index (χ3n) is 4.15. The van der Waals surface area contributed by atoms with Gasteiger partial charge in [-0.1, -0.05) is 31.6 Å². The molecule has 0 saturated carbocycles. The van der Waals surface area contributed by atoms with E-state index in [9.17, 15) is 8.42 Å². The molecule has 0 aliphatic carbocycles. The van der Waals surface area contributed by atoms with Crippen molar-refractivity contribution < 1.29 is 8.42 Å². The van der Waals surface area contributed by atoms with Crippen molar-refractivity contribution in [1.29, 1.82) is 0 Å². The predicted octanol–water partition coefficient (Wildman–Crippen LogP) is 2.62. The first-order chi connectivity index (χ1) is 11.6. The Kier molecular flexibility index (Phi) is 5.16. The van der Waals surface area contributed by atoms with E-state index in [1.54, 1.807) is 6.08 Å². The van der Waals surface area contributed by atoms with Gasteiger partial charge >= 0.3 is 0 Å². The van der Waals surface area contributed by atoms with Gasteiger partial charge in [0.2, 0.25) is 0 Å². The lowest BCUT2D eigenvalue weighted by Gasteiger charge is -2.08. The lowest BCUT2D eigenvalue weighted by Crippen LogP contribution is -2.29. The average molecular weight is 345 g/mol. The fraction of sp³-hybridized carbons (Fsp3) is 0.389. The standard InChI is InChI=1S/C18H23N3O2S/c1-2-3-4-15-5-7-18(8-6-15)21-13-16(12-20-21)11-19-17-9-10-24(22,23)14-17/h5-10,12-13,17,19H,2-4,11,14H2,1H3/t17-/m0/s1. The lowest BCUT2D eigenvalue weighted by molar-refractivity contribution is 0.590. The quantitative estimate of drug-likeness (QED) is 0.838. The largest absolute Gasteiger partial charge is 0.305 e. The van der Waals surface area contributed by atoms with Gasteiger partial charge in [-0.15, -0.1) is 0 Å². The fourth-order valence-corrected chi connectivity index (χ4v) is 4.01. The molecular formula is C18H23N3O2S. The second-order valence-corrected chi connectivity index (χ2v) is 8.14. The normalized spacial score (nSPS) is 19.0. The molecule has 0 unspecified atom stereocenters. The van der Waals surface area contributed by atoms with E-state index in [1.165, 1.54) is 23.8 Å². The number of aryl methyl sites for hydroxylation is 1. The summed E-state index contributed by atoms with van der Waals surface area (Å²) in [7, 11) is -3.01. The molecule has 5 nitrogen and oxygen atoms in total. The van der Waals surface area contributed by atoms with E-state index in [0.29, 0.717) is 6.54 Å². The number of hydrogen-bond acceptors (Lipinski definition) is 4. The molecule has 0 saturated heterocycles. The van der Waals surface area contributed by atoms with E-state index < -0.39 is 9.84 Å². The maximum Gasteiger partial charge on any atom is 0.173 e. The van der Waals surface area contributed by atoms with E-state index in [0.717, 1.165) is 17.7 Å². The summed E-state index contributed by atoms with van der Waals surface area (Å²) >= 11 is 0. The van der Waals surface area contributed by atoms with Crippen molar-refractivity contribution in [3.05, 3.63) is 59.3 Å². The smallest absolute Gasteiger partial charge is 0.173 e. The van der Waals surface area contributed by atoms with Gasteiger partial charge in [0.15, 0.2) is 9.84 Å². The van der Waals surface area contributed by atoms with Gasteiger partial charge in [0, 0.05) is 29.8 Å². The van der Waals surface area contributed by atoms with Crippen molar-refractivity contribution in [2.24, 2.45) is 0 Å². The minimum Gasteiger partial charge on any atom is -0.305 e. The summed E-state index contributed by atoms with van der Waals surface area (Å²) < 4.78 is 24.6. The van der Waals surface area contributed by atoms with Crippen molar-refractivity contribution in [2.45, 2.75) is 38.8 Å². The maximum atomic E-state index is 11.4. The molecule has 1 aromatic carbocycles. The van der Waals surface area contributed by atoms with Crippen LogP contribution in [0.1, 0.15) is 30.9 Å². The second kappa shape index (κ2) is 7.32. The number of nitrogens with zero attached hydrogens (tertiary/aromatic N) is 2. The average Bonchev–Trinajstić information content (AvgIpc) is 3.18. The third kappa shape index (κ3) is 4.33. The van der Waals surface area contributed by atoms with Crippen LogP contribution >= 0.6 is 0 Å². The number of benzene rings is 1. The summed E-state index contributed by atoms with van der Waals surface area (Å²) in [5, 5.41) is 8.91. The van der Waals surface area contributed by atoms with Crippen LogP contribution in [0.4, 0.5) is 0 Å².